The van der Waals surface area contributed by atoms with Gasteiger partial charge in [0.05, 0.1) is 23.3 Å². The summed E-state index contributed by atoms with van der Waals surface area (Å²) in [5.41, 5.74) is 0.358. The Balaban J connectivity index is 2.28. The van der Waals surface area contributed by atoms with Gasteiger partial charge in [-0.25, -0.2) is 8.42 Å². The number of carbonyl (C=O) groups excluding carboxylic acids is 1. The summed E-state index contributed by atoms with van der Waals surface area (Å²) in [6.45, 7) is 0. The summed E-state index contributed by atoms with van der Waals surface area (Å²) in [5, 5.41) is 3.51. The third kappa shape index (κ3) is 2.09. The molecule has 82 valence electrons. The van der Waals surface area contributed by atoms with Gasteiger partial charge in [-0.1, -0.05) is 5.16 Å². The number of carbonyl (C=O) groups is 1. The first-order chi connectivity index (χ1) is 7.12. The molecule has 1 saturated heterocycles. The summed E-state index contributed by atoms with van der Waals surface area (Å²) in [5.74, 6) is 0.483. The minimum Gasteiger partial charge on any atom is -0.360 e. The second kappa shape index (κ2) is 3.77. The van der Waals surface area contributed by atoms with Crippen molar-refractivity contribution in [1.82, 2.24) is 5.16 Å². The van der Waals surface area contributed by atoms with Crippen LogP contribution in [0.25, 0.3) is 0 Å². The topological polar surface area (TPSA) is 77.2 Å². The first-order valence-electron chi connectivity index (χ1n) is 4.72. The third-order valence-corrected chi connectivity index (χ3v) is 4.41. The van der Waals surface area contributed by atoms with Crippen LogP contribution in [0.3, 0.4) is 0 Å². The Labute approximate surface area is 87.4 Å². The molecule has 2 heterocycles. The van der Waals surface area contributed by atoms with Crippen LogP contribution in [0, 0.1) is 0 Å². The van der Waals surface area contributed by atoms with Gasteiger partial charge in [0.1, 0.15) is 0 Å². The van der Waals surface area contributed by atoms with Crippen molar-refractivity contribution in [3.8, 4) is 0 Å². The highest BCUT2D eigenvalue weighted by atomic mass is 32.2. The lowest BCUT2D eigenvalue weighted by atomic mass is 10.00. The number of sulfone groups is 1. The Morgan fingerprint density at radius 1 is 1.53 bits per heavy atom. The standard InChI is InChI=1S/C9H11NO4S/c11-5-8-4-10-14-9(8)7-2-1-3-15(12,13)6-7/h4-5,7H,1-3,6H2. The second-order valence-electron chi connectivity index (χ2n) is 3.72. The number of rotatable bonds is 2. The monoisotopic (exact) mass is 229 g/mol. The minimum atomic E-state index is -2.99. The van der Waals surface area contributed by atoms with Gasteiger partial charge in [0, 0.05) is 5.92 Å². The van der Waals surface area contributed by atoms with Crippen LogP contribution in [-0.4, -0.2) is 31.4 Å². The van der Waals surface area contributed by atoms with E-state index in [1.54, 1.807) is 0 Å². The summed E-state index contributed by atoms with van der Waals surface area (Å²) >= 11 is 0. The fourth-order valence-corrected chi connectivity index (χ4v) is 3.59. The highest BCUT2D eigenvalue weighted by molar-refractivity contribution is 7.91. The smallest absolute Gasteiger partial charge is 0.155 e. The maximum absolute atomic E-state index is 11.4. The number of nitrogens with zero attached hydrogens (tertiary/aromatic N) is 1. The zero-order chi connectivity index (χ0) is 10.9. The van der Waals surface area contributed by atoms with Crippen molar-refractivity contribution < 1.29 is 17.7 Å². The van der Waals surface area contributed by atoms with Gasteiger partial charge in [-0.15, -0.1) is 0 Å². The highest BCUT2D eigenvalue weighted by Crippen LogP contribution is 2.29. The number of aromatic nitrogens is 1. The number of hydrogen-bond acceptors (Lipinski definition) is 5. The molecule has 0 bridgehead atoms. The van der Waals surface area contributed by atoms with Crippen LogP contribution in [0.4, 0.5) is 0 Å². The molecular weight excluding hydrogens is 218 g/mol. The minimum absolute atomic E-state index is 0.0586. The molecule has 0 saturated carbocycles. The zero-order valence-corrected chi connectivity index (χ0v) is 8.87. The third-order valence-electron chi connectivity index (χ3n) is 2.59. The molecular formula is C9H11NO4S. The molecule has 1 atom stereocenters. The molecule has 1 aliphatic heterocycles. The highest BCUT2D eigenvalue weighted by Gasteiger charge is 2.30. The van der Waals surface area contributed by atoms with E-state index in [9.17, 15) is 13.2 Å². The van der Waals surface area contributed by atoms with E-state index < -0.39 is 9.84 Å². The molecule has 2 rings (SSSR count). The van der Waals surface area contributed by atoms with E-state index in [-0.39, 0.29) is 17.4 Å². The lowest BCUT2D eigenvalue weighted by molar-refractivity contribution is 0.112. The van der Waals surface area contributed by atoms with Crippen LogP contribution in [0.5, 0.6) is 0 Å². The van der Waals surface area contributed by atoms with Crippen LogP contribution in [0.15, 0.2) is 10.7 Å². The van der Waals surface area contributed by atoms with Crippen molar-refractivity contribution in [2.75, 3.05) is 11.5 Å². The summed E-state index contributed by atoms with van der Waals surface area (Å²) in [6.07, 6.45) is 3.32. The maximum atomic E-state index is 11.4. The normalized spacial score (nSPS) is 24.9. The Bertz CT molecular complexity index is 462. The summed E-state index contributed by atoms with van der Waals surface area (Å²) in [4.78, 5) is 10.6. The Kier molecular flexibility index (Phi) is 2.60. The molecule has 1 unspecified atom stereocenters. The van der Waals surface area contributed by atoms with Crippen LogP contribution < -0.4 is 0 Å². The van der Waals surface area contributed by atoms with Crippen LogP contribution in [-0.2, 0) is 9.84 Å². The molecule has 6 heteroatoms. The lowest BCUT2D eigenvalue weighted by Gasteiger charge is -2.19. The molecule has 0 aromatic carbocycles. The van der Waals surface area contributed by atoms with Crippen molar-refractivity contribution in [2.24, 2.45) is 0 Å². The summed E-state index contributed by atoms with van der Waals surface area (Å²) < 4.78 is 27.8. The van der Waals surface area contributed by atoms with Crippen molar-refractivity contribution in [3.05, 3.63) is 17.5 Å². The SMILES string of the molecule is O=Cc1cnoc1C1CCCS(=O)(=O)C1. The first kappa shape index (κ1) is 10.4. The molecule has 5 nitrogen and oxygen atoms in total. The van der Waals surface area contributed by atoms with Gasteiger partial charge >= 0.3 is 0 Å². The van der Waals surface area contributed by atoms with Gasteiger partial charge in [0.2, 0.25) is 0 Å². The molecule has 1 aromatic heterocycles. The molecule has 1 fully saturated rings. The maximum Gasteiger partial charge on any atom is 0.155 e. The van der Waals surface area contributed by atoms with Crippen LogP contribution >= 0.6 is 0 Å². The fourth-order valence-electron chi connectivity index (χ4n) is 1.88. The number of hydrogen-bond donors (Lipinski definition) is 0. The fraction of sp³-hybridized carbons (Fsp3) is 0.556. The van der Waals surface area contributed by atoms with E-state index in [1.807, 2.05) is 0 Å². The van der Waals surface area contributed by atoms with Gasteiger partial charge in [-0.05, 0) is 12.8 Å². The molecule has 0 N–H and O–H groups in total. The van der Waals surface area contributed by atoms with E-state index in [0.29, 0.717) is 24.0 Å². The molecule has 1 aliphatic rings. The largest absolute Gasteiger partial charge is 0.360 e. The Hall–Kier alpha value is -1.17. The van der Waals surface area contributed by atoms with Gasteiger partial charge in [-0.2, -0.15) is 0 Å². The average Bonchev–Trinajstić information content (AvgIpc) is 2.63. The molecule has 0 amide bonds. The zero-order valence-electron chi connectivity index (χ0n) is 8.05. The van der Waals surface area contributed by atoms with Crippen molar-refractivity contribution in [2.45, 2.75) is 18.8 Å². The van der Waals surface area contributed by atoms with Crippen molar-refractivity contribution >= 4 is 16.1 Å². The van der Waals surface area contributed by atoms with Crippen LogP contribution in [0.1, 0.15) is 34.9 Å². The molecule has 0 spiro atoms. The molecule has 1 aromatic rings. The van der Waals surface area contributed by atoms with Crippen LogP contribution in [0.2, 0.25) is 0 Å². The Morgan fingerprint density at radius 3 is 3.00 bits per heavy atom. The average molecular weight is 229 g/mol. The van der Waals surface area contributed by atoms with E-state index in [4.69, 9.17) is 4.52 Å². The molecule has 15 heavy (non-hydrogen) atoms. The van der Waals surface area contributed by atoms with E-state index >= 15 is 0 Å². The van der Waals surface area contributed by atoms with Crippen molar-refractivity contribution in [3.63, 3.8) is 0 Å². The van der Waals surface area contributed by atoms with Gasteiger partial charge in [0.25, 0.3) is 0 Å². The first-order valence-corrected chi connectivity index (χ1v) is 6.55. The van der Waals surface area contributed by atoms with Gasteiger partial charge < -0.3 is 4.52 Å². The van der Waals surface area contributed by atoms with E-state index in [2.05, 4.69) is 5.16 Å². The van der Waals surface area contributed by atoms with E-state index in [0.717, 1.165) is 6.42 Å². The van der Waals surface area contributed by atoms with Gasteiger partial charge in [-0.3, -0.25) is 4.79 Å². The summed E-state index contributed by atoms with van der Waals surface area (Å²) in [6, 6.07) is 0. The second-order valence-corrected chi connectivity index (χ2v) is 5.95. The van der Waals surface area contributed by atoms with Gasteiger partial charge in [0.15, 0.2) is 21.9 Å². The summed E-state index contributed by atoms with van der Waals surface area (Å²) in [7, 11) is -2.99. The van der Waals surface area contributed by atoms with Crippen molar-refractivity contribution in [1.29, 1.82) is 0 Å². The molecule has 0 aliphatic carbocycles. The molecule has 0 radical (unpaired) electrons. The lowest BCUT2D eigenvalue weighted by Crippen LogP contribution is -2.23. The Morgan fingerprint density at radius 2 is 2.33 bits per heavy atom. The number of aldehydes is 1. The quantitative estimate of drug-likeness (QED) is 0.700. The van der Waals surface area contributed by atoms with E-state index in [1.165, 1.54) is 6.20 Å². The predicted molar refractivity (Wildman–Crippen MR) is 52.5 cm³/mol. The predicted octanol–water partition coefficient (Wildman–Crippen LogP) is 0.779.